The van der Waals surface area contributed by atoms with Crippen LogP contribution in [0.5, 0.6) is 5.88 Å². The Balaban J connectivity index is 2.13. The van der Waals surface area contributed by atoms with Gasteiger partial charge in [0.2, 0.25) is 12.3 Å². The van der Waals surface area contributed by atoms with Gasteiger partial charge in [0.1, 0.15) is 17.4 Å². The number of aromatic nitrogens is 3. The number of hydrogen-bond acceptors (Lipinski definition) is 5. The maximum Gasteiger partial charge on any atom is 0.341 e. The fourth-order valence-electron chi connectivity index (χ4n) is 2.11. The summed E-state index contributed by atoms with van der Waals surface area (Å²) in [5, 5.41) is 4.14. The molecule has 0 fully saturated rings. The van der Waals surface area contributed by atoms with E-state index in [9.17, 15) is 13.6 Å². The normalized spacial score (nSPS) is 14.0. The van der Waals surface area contributed by atoms with E-state index < -0.39 is 23.4 Å². The van der Waals surface area contributed by atoms with E-state index in [0.29, 0.717) is 5.82 Å². The largest absolute Gasteiger partial charge is 0.476 e. The van der Waals surface area contributed by atoms with Crippen LogP contribution in [0.25, 0.3) is 5.82 Å². The van der Waals surface area contributed by atoms with Crippen molar-refractivity contribution in [3.05, 3.63) is 35.1 Å². The van der Waals surface area contributed by atoms with Crippen LogP contribution in [-0.2, 0) is 4.74 Å². The van der Waals surface area contributed by atoms with E-state index in [4.69, 9.17) is 21.1 Å². The molecule has 0 aliphatic carbocycles. The maximum atomic E-state index is 13.1. The number of hydrogen-bond donors (Lipinski definition) is 0. The van der Waals surface area contributed by atoms with Gasteiger partial charge in [0.05, 0.1) is 11.0 Å². The van der Waals surface area contributed by atoms with Crippen LogP contribution in [0, 0.1) is 5.41 Å². The molecule has 0 aliphatic heterocycles. The number of pyridine rings is 1. The lowest BCUT2D eigenvalue weighted by Gasteiger charge is -2.26. The molecule has 0 saturated carbocycles. The van der Waals surface area contributed by atoms with E-state index in [0.717, 1.165) is 0 Å². The molecule has 0 radical (unpaired) electrons. The van der Waals surface area contributed by atoms with Crippen molar-refractivity contribution in [2.45, 2.75) is 53.1 Å². The molecule has 0 spiro atoms. The predicted octanol–water partition coefficient (Wildman–Crippen LogP) is 4.94. The summed E-state index contributed by atoms with van der Waals surface area (Å²) < 4.78 is 38.4. The zero-order valence-electron chi connectivity index (χ0n) is 16.5. The van der Waals surface area contributed by atoms with Gasteiger partial charge in [0, 0.05) is 12.3 Å². The summed E-state index contributed by atoms with van der Waals surface area (Å²) in [6, 6.07) is 4.59. The molecule has 0 amide bonds. The second-order valence-corrected chi connectivity index (χ2v) is 8.06. The summed E-state index contributed by atoms with van der Waals surface area (Å²) in [6.45, 7) is 8.25. The monoisotopic (exact) mass is 415 g/mol. The van der Waals surface area contributed by atoms with E-state index >= 15 is 0 Å². The number of halogens is 3. The Hall–Kier alpha value is -2.22. The molecule has 0 aromatic carbocycles. The minimum absolute atomic E-state index is 0.0269. The van der Waals surface area contributed by atoms with Crippen LogP contribution >= 0.6 is 11.6 Å². The zero-order chi connectivity index (χ0) is 21.1. The first-order chi connectivity index (χ1) is 12.9. The minimum Gasteiger partial charge on any atom is -0.476 e. The molecule has 0 N–H and O–H groups in total. The smallest absolute Gasteiger partial charge is 0.341 e. The first-order valence-electron chi connectivity index (χ1n) is 8.82. The molecular weight excluding hydrogens is 392 g/mol. The summed E-state index contributed by atoms with van der Waals surface area (Å²) in [4.78, 5) is 16.3. The molecule has 1 atom stereocenters. The van der Waals surface area contributed by atoms with Crippen molar-refractivity contribution < 1.29 is 23.0 Å². The average molecular weight is 416 g/mol. The van der Waals surface area contributed by atoms with Crippen molar-refractivity contribution in [3.63, 3.8) is 0 Å². The Bertz CT molecular complexity index is 836. The molecule has 2 aromatic rings. The Kier molecular flexibility index (Phi) is 6.64. The second kappa shape index (κ2) is 8.43. The second-order valence-electron chi connectivity index (χ2n) is 7.71. The van der Waals surface area contributed by atoms with E-state index in [2.05, 4.69) is 10.1 Å². The third-order valence-corrected chi connectivity index (χ3v) is 4.42. The minimum atomic E-state index is -2.50. The quantitative estimate of drug-likeness (QED) is 0.473. The van der Waals surface area contributed by atoms with Gasteiger partial charge < -0.3 is 9.47 Å². The third-order valence-electron chi connectivity index (χ3n) is 4.14. The number of carbonyl (C=O) groups is 1. The van der Waals surface area contributed by atoms with E-state index in [1.54, 1.807) is 46.0 Å². The Morgan fingerprint density at radius 2 is 1.93 bits per heavy atom. The van der Waals surface area contributed by atoms with Crippen LogP contribution in [0.15, 0.2) is 24.4 Å². The van der Waals surface area contributed by atoms with Crippen molar-refractivity contribution in [1.82, 2.24) is 14.8 Å². The standard InChI is InChI=1S/C19H24ClF2N3O3/c1-6-19(5,17(21)22)11-27-14-9-10-25(24-14)13-8-7-12(15(20)23-13)16(26)28-18(2,3)4/h7-10,17H,6,11H2,1-5H3. The molecule has 1 unspecified atom stereocenters. The van der Waals surface area contributed by atoms with Gasteiger partial charge in [-0.25, -0.2) is 23.2 Å². The highest BCUT2D eigenvalue weighted by molar-refractivity contribution is 6.32. The Morgan fingerprint density at radius 3 is 2.46 bits per heavy atom. The molecule has 2 aromatic heterocycles. The number of esters is 1. The summed E-state index contributed by atoms with van der Waals surface area (Å²) >= 11 is 6.12. The van der Waals surface area contributed by atoms with Crippen LogP contribution in [0.4, 0.5) is 8.78 Å². The number of rotatable bonds is 7. The number of nitrogens with zero attached hydrogens (tertiary/aromatic N) is 3. The average Bonchev–Trinajstić information content (AvgIpc) is 3.06. The molecule has 28 heavy (non-hydrogen) atoms. The fourth-order valence-corrected chi connectivity index (χ4v) is 2.33. The first-order valence-corrected chi connectivity index (χ1v) is 9.20. The molecular formula is C19H24ClF2N3O3. The Morgan fingerprint density at radius 1 is 1.25 bits per heavy atom. The molecule has 0 bridgehead atoms. The van der Waals surface area contributed by atoms with Crippen LogP contribution in [0.1, 0.15) is 51.4 Å². The highest BCUT2D eigenvalue weighted by Gasteiger charge is 2.34. The first kappa shape index (κ1) is 22.1. The summed E-state index contributed by atoms with van der Waals surface area (Å²) in [5.41, 5.74) is -1.77. The summed E-state index contributed by atoms with van der Waals surface area (Å²) in [7, 11) is 0. The molecule has 0 saturated heterocycles. The van der Waals surface area contributed by atoms with Gasteiger partial charge in [-0.3, -0.25) is 0 Å². The zero-order valence-corrected chi connectivity index (χ0v) is 17.3. The fraction of sp³-hybridized carbons (Fsp3) is 0.526. The van der Waals surface area contributed by atoms with E-state index in [-0.39, 0.29) is 29.6 Å². The molecule has 154 valence electrons. The molecule has 6 nitrogen and oxygen atoms in total. The van der Waals surface area contributed by atoms with Gasteiger partial charge >= 0.3 is 5.97 Å². The molecule has 2 heterocycles. The topological polar surface area (TPSA) is 66.2 Å². The van der Waals surface area contributed by atoms with Crippen molar-refractivity contribution in [2.24, 2.45) is 5.41 Å². The number of alkyl halides is 2. The van der Waals surface area contributed by atoms with Gasteiger partial charge in [0.25, 0.3) is 0 Å². The van der Waals surface area contributed by atoms with Gasteiger partial charge in [-0.1, -0.05) is 25.4 Å². The van der Waals surface area contributed by atoms with Crippen LogP contribution in [0.2, 0.25) is 5.15 Å². The van der Waals surface area contributed by atoms with Crippen LogP contribution < -0.4 is 4.74 Å². The van der Waals surface area contributed by atoms with Gasteiger partial charge in [-0.15, -0.1) is 5.10 Å². The number of ether oxygens (including phenoxy) is 2. The molecule has 2 rings (SSSR count). The van der Waals surface area contributed by atoms with E-state index in [1.807, 2.05) is 0 Å². The summed E-state index contributed by atoms with van der Waals surface area (Å²) in [5.74, 6) is -0.0411. The van der Waals surface area contributed by atoms with Gasteiger partial charge in [-0.05, 0) is 39.3 Å². The lowest BCUT2D eigenvalue weighted by molar-refractivity contribution is -0.0264. The van der Waals surface area contributed by atoms with Crippen molar-refractivity contribution in [1.29, 1.82) is 0 Å². The lowest BCUT2D eigenvalue weighted by Crippen LogP contribution is -2.32. The van der Waals surface area contributed by atoms with Crippen molar-refractivity contribution >= 4 is 17.6 Å². The van der Waals surface area contributed by atoms with Gasteiger partial charge in [0.15, 0.2) is 5.82 Å². The highest BCUT2D eigenvalue weighted by atomic mass is 35.5. The van der Waals surface area contributed by atoms with E-state index in [1.165, 1.54) is 17.7 Å². The van der Waals surface area contributed by atoms with Crippen molar-refractivity contribution in [3.8, 4) is 11.7 Å². The predicted molar refractivity (Wildman–Crippen MR) is 101 cm³/mol. The molecule has 0 aliphatic rings. The van der Waals surface area contributed by atoms with Crippen LogP contribution in [0.3, 0.4) is 0 Å². The lowest BCUT2D eigenvalue weighted by atomic mass is 9.89. The van der Waals surface area contributed by atoms with Crippen LogP contribution in [-0.4, -0.2) is 39.4 Å². The highest BCUT2D eigenvalue weighted by Crippen LogP contribution is 2.30. The SMILES string of the molecule is CCC(C)(COc1ccn(-c2ccc(C(=O)OC(C)(C)C)c(Cl)n2)n1)C(F)F. The summed E-state index contributed by atoms with van der Waals surface area (Å²) in [6.07, 6.45) is -0.665. The Labute approximate surface area is 167 Å². The maximum absolute atomic E-state index is 13.1. The third kappa shape index (κ3) is 5.41. The molecule has 9 heteroatoms. The van der Waals surface area contributed by atoms with Gasteiger partial charge in [-0.2, -0.15) is 0 Å². The number of carbonyl (C=O) groups excluding carboxylic acids is 1. The van der Waals surface area contributed by atoms with Crippen molar-refractivity contribution in [2.75, 3.05) is 6.61 Å².